The molecule has 9 nitrogen and oxygen atoms in total. The van der Waals surface area contributed by atoms with E-state index in [1.54, 1.807) is 18.2 Å². The number of H-pyrrole nitrogens is 2. The van der Waals surface area contributed by atoms with Crippen LogP contribution in [0.25, 0.3) is 16.7 Å². The van der Waals surface area contributed by atoms with Crippen LogP contribution in [0.3, 0.4) is 0 Å². The zero-order chi connectivity index (χ0) is 18.3. The highest BCUT2D eigenvalue weighted by atomic mass is 16.3. The fraction of sp³-hybridized carbons (Fsp3) is 0.0588. The maximum atomic E-state index is 12.4. The molecule has 4 N–H and O–H groups in total. The predicted molar refractivity (Wildman–Crippen MR) is 93.2 cm³/mol. The van der Waals surface area contributed by atoms with Crippen LogP contribution < -0.4 is 16.6 Å². The van der Waals surface area contributed by atoms with Crippen molar-refractivity contribution in [3.8, 4) is 5.75 Å². The lowest BCUT2D eigenvalue weighted by atomic mass is 10.2. The van der Waals surface area contributed by atoms with Crippen molar-refractivity contribution in [3.63, 3.8) is 0 Å². The number of nitrogens with one attached hydrogen (secondary N) is 3. The quantitative estimate of drug-likeness (QED) is 0.427. The Kier molecular flexibility index (Phi) is 3.54. The molecule has 3 aromatic heterocycles. The van der Waals surface area contributed by atoms with Gasteiger partial charge in [-0.05, 0) is 29.8 Å². The van der Waals surface area contributed by atoms with Crippen LogP contribution in [0.4, 0.5) is 0 Å². The van der Waals surface area contributed by atoms with E-state index in [2.05, 4.69) is 20.3 Å². The number of rotatable bonds is 3. The smallest absolute Gasteiger partial charge is 0.323 e. The van der Waals surface area contributed by atoms with Gasteiger partial charge in [0.25, 0.3) is 11.5 Å². The van der Waals surface area contributed by atoms with E-state index in [0.717, 1.165) is 16.2 Å². The van der Waals surface area contributed by atoms with Gasteiger partial charge in [0.1, 0.15) is 5.56 Å². The largest absolute Gasteiger partial charge is 0.504 e. The number of imidazole rings is 1. The molecule has 0 saturated carbocycles. The summed E-state index contributed by atoms with van der Waals surface area (Å²) in [5.74, 6) is -0.728. The fourth-order valence-corrected chi connectivity index (χ4v) is 2.71. The second-order valence-electron chi connectivity index (χ2n) is 5.71. The topological polar surface area (TPSA) is 132 Å². The Hall–Kier alpha value is -3.88. The average molecular weight is 351 g/mol. The minimum Gasteiger partial charge on any atom is -0.504 e. The van der Waals surface area contributed by atoms with Gasteiger partial charge in [-0.15, -0.1) is 0 Å². The molecular weight excluding hydrogens is 338 g/mol. The molecule has 0 aliphatic heterocycles. The molecule has 0 unspecified atom stereocenters. The molecule has 26 heavy (non-hydrogen) atoms. The van der Waals surface area contributed by atoms with Crippen LogP contribution in [-0.4, -0.2) is 30.4 Å². The number of benzene rings is 1. The lowest BCUT2D eigenvalue weighted by Crippen LogP contribution is -2.31. The summed E-state index contributed by atoms with van der Waals surface area (Å²) in [6, 6.07) is 8.11. The van der Waals surface area contributed by atoms with Crippen molar-refractivity contribution in [1.29, 1.82) is 0 Å². The lowest BCUT2D eigenvalue weighted by molar-refractivity contribution is 0.0949. The van der Waals surface area contributed by atoms with Crippen molar-refractivity contribution in [1.82, 2.24) is 24.7 Å². The molecule has 0 aliphatic rings. The molecule has 3 heterocycles. The van der Waals surface area contributed by atoms with Gasteiger partial charge in [0.2, 0.25) is 0 Å². The fourth-order valence-electron chi connectivity index (χ4n) is 2.71. The highest BCUT2D eigenvalue weighted by Crippen LogP contribution is 2.13. The van der Waals surface area contributed by atoms with Crippen LogP contribution in [-0.2, 0) is 6.54 Å². The van der Waals surface area contributed by atoms with E-state index in [4.69, 9.17) is 0 Å². The summed E-state index contributed by atoms with van der Waals surface area (Å²) in [4.78, 5) is 45.3. The van der Waals surface area contributed by atoms with Gasteiger partial charge in [0.15, 0.2) is 11.4 Å². The Balaban J connectivity index is 1.59. The summed E-state index contributed by atoms with van der Waals surface area (Å²) in [5, 5.41) is 12.4. The number of aromatic nitrogens is 4. The molecule has 9 heteroatoms. The van der Waals surface area contributed by atoms with Crippen molar-refractivity contribution in [3.05, 3.63) is 74.7 Å². The highest BCUT2D eigenvalue weighted by Gasteiger charge is 2.14. The van der Waals surface area contributed by atoms with Gasteiger partial charge >= 0.3 is 5.69 Å². The summed E-state index contributed by atoms with van der Waals surface area (Å²) >= 11 is 0. The SMILES string of the molecule is O=C(NCc1ccc2[nH]c(=O)[nH]c2c1)c1cnc2c(O)cccn2c1=O. The first-order valence-electron chi connectivity index (χ1n) is 7.71. The van der Waals surface area contributed by atoms with Crippen molar-refractivity contribution in [2.75, 3.05) is 0 Å². The van der Waals surface area contributed by atoms with Gasteiger partial charge in [0.05, 0.1) is 11.0 Å². The maximum Gasteiger partial charge on any atom is 0.323 e. The maximum absolute atomic E-state index is 12.4. The minimum atomic E-state index is -0.581. The number of amides is 1. The zero-order valence-electron chi connectivity index (χ0n) is 13.3. The predicted octanol–water partition coefficient (Wildman–Crippen LogP) is 0.500. The Morgan fingerprint density at radius 1 is 1.19 bits per heavy atom. The molecule has 0 aliphatic carbocycles. The number of nitrogens with zero attached hydrogens (tertiary/aromatic N) is 2. The number of hydrogen-bond donors (Lipinski definition) is 4. The molecule has 0 bridgehead atoms. The van der Waals surface area contributed by atoms with Crippen LogP contribution in [0, 0.1) is 0 Å². The molecule has 0 saturated heterocycles. The monoisotopic (exact) mass is 351 g/mol. The molecule has 0 fully saturated rings. The third-order valence-electron chi connectivity index (χ3n) is 3.99. The van der Waals surface area contributed by atoms with E-state index in [0.29, 0.717) is 11.0 Å². The van der Waals surface area contributed by atoms with E-state index in [1.807, 2.05) is 0 Å². The number of pyridine rings is 1. The van der Waals surface area contributed by atoms with Gasteiger partial charge in [-0.2, -0.15) is 0 Å². The minimum absolute atomic E-state index is 0.0795. The second-order valence-corrected chi connectivity index (χ2v) is 5.71. The molecule has 1 aromatic carbocycles. The Bertz CT molecular complexity index is 1270. The molecular formula is C17H13N5O4. The third-order valence-corrected chi connectivity index (χ3v) is 3.99. The van der Waals surface area contributed by atoms with Gasteiger partial charge in [0, 0.05) is 18.9 Å². The van der Waals surface area contributed by atoms with E-state index >= 15 is 0 Å². The van der Waals surface area contributed by atoms with Gasteiger partial charge < -0.3 is 20.4 Å². The molecule has 4 rings (SSSR count). The zero-order valence-corrected chi connectivity index (χ0v) is 13.3. The lowest BCUT2D eigenvalue weighted by Gasteiger charge is -2.07. The summed E-state index contributed by atoms with van der Waals surface area (Å²) in [7, 11) is 0. The summed E-state index contributed by atoms with van der Waals surface area (Å²) in [5.41, 5.74) is 1.12. The van der Waals surface area contributed by atoms with Crippen molar-refractivity contribution >= 4 is 22.6 Å². The standard InChI is InChI=1S/C17H13N5O4/c23-13-2-1-5-22-14(13)18-8-10(16(22)25)15(24)19-7-9-3-4-11-12(6-9)21-17(26)20-11/h1-6,8,23H,7H2,(H,19,24)(H2,20,21,26). The molecule has 0 radical (unpaired) electrons. The Morgan fingerprint density at radius 3 is 2.85 bits per heavy atom. The second kappa shape index (κ2) is 5.88. The molecule has 130 valence electrons. The van der Waals surface area contributed by atoms with E-state index in [9.17, 15) is 19.5 Å². The molecule has 1 amide bonds. The van der Waals surface area contributed by atoms with Crippen LogP contribution in [0.1, 0.15) is 15.9 Å². The summed E-state index contributed by atoms with van der Waals surface area (Å²) in [6.45, 7) is 0.171. The van der Waals surface area contributed by atoms with E-state index in [-0.39, 0.29) is 29.2 Å². The number of hydrogen-bond acceptors (Lipinski definition) is 5. The molecule has 4 aromatic rings. The van der Waals surface area contributed by atoms with Crippen LogP contribution in [0.2, 0.25) is 0 Å². The normalized spacial score (nSPS) is 11.1. The molecule has 0 spiro atoms. The van der Waals surface area contributed by atoms with Crippen LogP contribution >= 0.6 is 0 Å². The van der Waals surface area contributed by atoms with Crippen LogP contribution in [0.15, 0.2) is 52.3 Å². The first-order valence-corrected chi connectivity index (χ1v) is 7.71. The first kappa shape index (κ1) is 15.6. The van der Waals surface area contributed by atoms with Gasteiger partial charge in [-0.3, -0.25) is 14.0 Å². The number of aromatic amines is 2. The Morgan fingerprint density at radius 2 is 2.00 bits per heavy atom. The van der Waals surface area contributed by atoms with E-state index in [1.165, 1.54) is 18.3 Å². The van der Waals surface area contributed by atoms with E-state index < -0.39 is 11.5 Å². The number of carbonyl (C=O) groups is 1. The molecule has 0 atom stereocenters. The van der Waals surface area contributed by atoms with Crippen molar-refractivity contribution in [2.45, 2.75) is 6.54 Å². The first-order chi connectivity index (χ1) is 12.5. The van der Waals surface area contributed by atoms with Crippen molar-refractivity contribution < 1.29 is 9.90 Å². The summed E-state index contributed by atoms with van der Waals surface area (Å²) < 4.78 is 1.11. The number of fused-ring (bicyclic) bond motifs is 2. The number of carbonyl (C=O) groups excluding carboxylic acids is 1. The van der Waals surface area contributed by atoms with Gasteiger partial charge in [-0.25, -0.2) is 9.78 Å². The average Bonchev–Trinajstić information content (AvgIpc) is 3.00. The Labute approximate surface area is 145 Å². The van der Waals surface area contributed by atoms with Crippen LogP contribution in [0.5, 0.6) is 5.75 Å². The van der Waals surface area contributed by atoms with Gasteiger partial charge in [-0.1, -0.05) is 6.07 Å². The summed E-state index contributed by atoms with van der Waals surface area (Å²) in [6.07, 6.45) is 2.57. The highest BCUT2D eigenvalue weighted by molar-refractivity contribution is 5.93. The number of aromatic hydroxyl groups is 1. The third kappa shape index (κ3) is 2.61. The van der Waals surface area contributed by atoms with Crippen molar-refractivity contribution in [2.24, 2.45) is 0 Å².